The minimum atomic E-state index is 0. The quantitative estimate of drug-likeness (QED) is 0.657. The molecule has 0 aliphatic heterocycles. The third-order valence-corrected chi connectivity index (χ3v) is 1.66. The van der Waals surface area contributed by atoms with Crippen LogP contribution in [0.25, 0.3) is 0 Å². The Labute approximate surface area is 102 Å². The minimum absolute atomic E-state index is 0. The van der Waals surface area contributed by atoms with E-state index in [4.69, 9.17) is 0 Å². The predicted molar refractivity (Wildman–Crippen MR) is 50.5 cm³/mol. The Bertz CT molecular complexity index is 199. The Kier molecular flexibility index (Phi) is 8.40. The molecule has 12 heavy (non-hydrogen) atoms. The van der Waals surface area contributed by atoms with Crippen molar-refractivity contribution in [3.05, 3.63) is 42.8 Å². The van der Waals surface area contributed by atoms with Gasteiger partial charge < -0.3 is 7.43 Å². The standard InChI is InChI=1S/C10H13.CH3.Y/c1-8(2)10-6-4-9(3)5-7-10;;/h4,6-8H,1-3H3;1H3;/q2*-1;. The van der Waals surface area contributed by atoms with Gasteiger partial charge in [-0.05, 0) is 0 Å². The molecule has 65 valence electrons. The van der Waals surface area contributed by atoms with Crippen LogP contribution in [-0.4, -0.2) is 0 Å². The van der Waals surface area contributed by atoms with Crippen LogP contribution >= 0.6 is 0 Å². The zero-order chi connectivity index (χ0) is 7.56. The van der Waals surface area contributed by atoms with Crippen LogP contribution in [0.1, 0.15) is 30.9 Å². The fourth-order valence-corrected chi connectivity index (χ4v) is 0.874. The largest absolute Gasteiger partial charge is 0.358 e. The fraction of sp³-hybridized carbons (Fsp3) is 0.364. The molecule has 1 rings (SSSR count). The molecule has 0 unspecified atom stereocenters. The summed E-state index contributed by atoms with van der Waals surface area (Å²) >= 11 is 0. The van der Waals surface area contributed by atoms with Crippen molar-refractivity contribution in [2.45, 2.75) is 26.7 Å². The molecule has 0 aliphatic rings. The van der Waals surface area contributed by atoms with E-state index in [0.717, 1.165) is 0 Å². The molecule has 1 aromatic carbocycles. The van der Waals surface area contributed by atoms with Crippen molar-refractivity contribution in [1.29, 1.82) is 0 Å². The first-order valence-corrected chi connectivity index (χ1v) is 3.68. The summed E-state index contributed by atoms with van der Waals surface area (Å²) in [6.45, 7) is 6.45. The van der Waals surface area contributed by atoms with E-state index in [2.05, 4.69) is 45.0 Å². The van der Waals surface area contributed by atoms with Gasteiger partial charge in [0.15, 0.2) is 0 Å². The van der Waals surface area contributed by atoms with E-state index in [-0.39, 0.29) is 40.1 Å². The SMILES string of the molecule is Cc1[c-]cc(C(C)C)cc1.[CH3-].[Y]. The number of hydrogen-bond donors (Lipinski definition) is 0. The first-order chi connectivity index (χ1) is 4.70. The van der Waals surface area contributed by atoms with Gasteiger partial charge in [-0.25, -0.2) is 0 Å². The molecular weight excluding hydrogens is 221 g/mol. The normalized spacial score (nSPS) is 8.67. The van der Waals surface area contributed by atoms with Crippen LogP contribution in [0.5, 0.6) is 0 Å². The molecule has 0 atom stereocenters. The van der Waals surface area contributed by atoms with E-state index in [1.807, 2.05) is 0 Å². The Morgan fingerprint density at radius 2 is 1.83 bits per heavy atom. The van der Waals surface area contributed by atoms with Crippen LogP contribution in [0, 0.1) is 20.4 Å². The van der Waals surface area contributed by atoms with Crippen molar-refractivity contribution in [3.63, 3.8) is 0 Å². The van der Waals surface area contributed by atoms with E-state index in [9.17, 15) is 0 Å². The Morgan fingerprint density at radius 1 is 1.25 bits per heavy atom. The van der Waals surface area contributed by atoms with Gasteiger partial charge >= 0.3 is 0 Å². The maximum Gasteiger partial charge on any atom is 0 e. The molecule has 0 amide bonds. The van der Waals surface area contributed by atoms with E-state index < -0.39 is 0 Å². The molecular formula is C11H16Y-2. The molecule has 0 fully saturated rings. The summed E-state index contributed by atoms with van der Waals surface area (Å²) in [4.78, 5) is 0. The summed E-state index contributed by atoms with van der Waals surface area (Å²) < 4.78 is 0. The number of aryl methyl sites for hydroxylation is 1. The molecule has 0 spiro atoms. The second kappa shape index (κ2) is 6.80. The van der Waals surface area contributed by atoms with Gasteiger partial charge in [-0.1, -0.05) is 26.7 Å². The van der Waals surface area contributed by atoms with Crippen LogP contribution < -0.4 is 0 Å². The zero-order valence-electron chi connectivity index (χ0n) is 8.39. The van der Waals surface area contributed by atoms with Crippen LogP contribution in [0.15, 0.2) is 18.2 Å². The number of benzene rings is 1. The summed E-state index contributed by atoms with van der Waals surface area (Å²) in [6.07, 6.45) is 0. The predicted octanol–water partition coefficient (Wildman–Crippen LogP) is 3.37. The third-order valence-electron chi connectivity index (χ3n) is 1.66. The molecule has 0 aromatic heterocycles. The second-order valence-corrected chi connectivity index (χ2v) is 2.96. The summed E-state index contributed by atoms with van der Waals surface area (Å²) in [5, 5.41) is 0. The maximum absolute atomic E-state index is 3.18. The molecule has 1 aromatic rings. The molecule has 0 aliphatic carbocycles. The van der Waals surface area contributed by atoms with Gasteiger partial charge in [-0.2, -0.15) is 35.4 Å². The summed E-state index contributed by atoms with van der Waals surface area (Å²) in [6, 6.07) is 9.52. The first-order valence-electron chi connectivity index (χ1n) is 3.68. The minimum Gasteiger partial charge on any atom is -0.358 e. The van der Waals surface area contributed by atoms with Crippen molar-refractivity contribution in [2.24, 2.45) is 0 Å². The van der Waals surface area contributed by atoms with E-state index in [1.165, 1.54) is 11.1 Å². The molecule has 1 radical (unpaired) electrons. The Balaban J connectivity index is 0. The third kappa shape index (κ3) is 4.37. The van der Waals surface area contributed by atoms with E-state index >= 15 is 0 Å². The second-order valence-electron chi connectivity index (χ2n) is 2.96. The monoisotopic (exact) mass is 237 g/mol. The van der Waals surface area contributed by atoms with Gasteiger partial charge in [-0.15, -0.1) is 0 Å². The van der Waals surface area contributed by atoms with Crippen molar-refractivity contribution in [3.8, 4) is 0 Å². The van der Waals surface area contributed by atoms with E-state index in [0.29, 0.717) is 5.92 Å². The molecule has 0 bridgehead atoms. The van der Waals surface area contributed by atoms with Gasteiger partial charge in [-0.3, -0.25) is 0 Å². The topological polar surface area (TPSA) is 0 Å². The Morgan fingerprint density at radius 3 is 2.17 bits per heavy atom. The molecule has 0 saturated carbocycles. The van der Waals surface area contributed by atoms with E-state index in [1.54, 1.807) is 0 Å². The van der Waals surface area contributed by atoms with Gasteiger partial charge in [0.05, 0.1) is 0 Å². The summed E-state index contributed by atoms with van der Waals surface area (Å²) in [5.74, 6) is 0.622. The van der Waals surface area contributed by atoms with Crippen molar-refractivity contribution in [1.82, 2.24) is 0 Å². The zero-order valence-corrected chi connectivity index (χ0v) is 11.2. The van der Waals surface area contributed by atoms with Crippen LogP contribution in [-0.2, 0) is 32.7 Å². The molecule has 0 heterocycles. The summed E-state index contributed by atoms with van der Waals surface area (Å²) in [5.41, 5.74) is 2.58. The number of rotatable bonds is 1. The number of hydrogen-bond acceptors (Lipinski definition) is 0. The van der Waals surface area contributed by atoms with Gasteiger partial charge in [0.2, 0.25) is 0 Å². The Hall–Kier alpha value is 0.324. The smallest absolute Gasteiger partial charge is 0 e. The molecule has 0 N–H and O–H groups in total. The average Bonchev–Trinajstić information content (AvgIpc) is 1.88. The van der Waals surface area contributed by atoms with Crippen molar-refractivity contribution < 1.29 is 32.7 Å². The maximum atomic E-state index is 3.18. The summed E-state index contributed by atoms with van der Waals surface area (Å²) in [7, 11) is 0. The van der Waals surface area contributed by atoms with Gasteiger partial charge in [0.1, 0.15) is 0 Å². The van der Waals surface area contributed by atoms with Crippen LogP contribution in [0.3, 0.4) is 0 Å². The average molecular weight is 237 g/mol. The first kappa shape index (κ1) is 14.8. The molecule has 0 nitrogen and oxygen atoms in total. The van der Waals surface area contributed by atoms with Crippen molar-refractivity contribution >= 4 is 0 Å². The molecule has 1 heteroatoms. The van der Waals surface area contributed by atoms with Gasteiger partial charge in [0.25, 0.3) is 0 Å². The molecule has 0 saturated heterocycles. The fourth-order valence-electron chi connectivity index (χ4n) is 0.874. The van der Waals surface area contributed by atoms with Crippen LogP contribution in [0.2, 0.25) is 0 Å². The van der Waals surface area contributed by atoms with Gasteiger partial charge in [0, 0.05) is 32.7 Å². The van der Waals surface area contributed by atoms with Crippen molar-refractivity contribution in [2.75, 3.05) is 0 Å². The van der Waals surface area contributed by atoms with Crippen LogP contribution in [0.4, 0.5) is 0 Å².